The van der Waals surface area contributed by atoms with Gasteiger partial charge in [-0.25, -0.2) is 0 Å². The fourth-order valence-electron chi connectivity index (χ4n) is 1.30. The highest BCUT2D eigenvalue weighted by Gasteiger charge is 2.19. The first-order chi connectivity index (χ1) is 7.54. The van der Waals surface area contributed by atoms with Crippen LogP contribution in [0.5, 0.6) is 0 Å². The van der Waals surface area contributed by atoms with E-state index in [2.05, 4.69) is 10.5 Å². The van der Waals surface area contributed by atoms with Gasteiger partial charge in [0.1, 0.15) is 0 Å². The Balaban J connectivity index is 2.40. The molecule has 1 aromatic rings. The van der Waals surface area contributed by atoms with Crippen molar-refractivity contribution in [3.8, 4) is 0 Å². The average Bonchev–Trinajstić information content (AvgIpc) is 2.69. The van der Waals surface area contributed by atoms with Crippen LogP contribution in [0.1, 0.15) is 31.7 Å². The van der Waals surface area contributed by atoms with Gasteiger partial charge in [-0.05, 0) is 12.8 Å². The molecule has 16 heavy (non-hydrogen) atoms. The lowest BCUT2D eigenvalue weighted by molar-refractivity contribution is -0.123. The molecule has 1 rings (SSSR count). The Morgan fingerprint density at radius 2 is 2.38 bits per heavy atom. The van der Waals surface area contributed by atoms with Crippen molar-refractivity contribution in [2.24, 2.45) is 11.7 Å². The summed E-state index contributed by atoms with van der Waals surface area (Å²) in [5, 5.41) is 6.46. The number of nitrogens with one attached hydrogen (secondary N) is 1. The number of nitrogens with two attached hydrogens (primary N) is 1. The maximum atomic E-state index is 11.6. The van der Waals surface area contributed by atoms with Crippen LogP contribution >= 0.6 is 0 Å². The van der Waals surface area contributed by atoms with E-state index in [0.29, 0.717) is 12.3 Å². The molecule has 2 atom stereocenters. The summed E-state index contributed by atoms with van der Waals surface area (Å²) in [5.74, 6) is 0.669. The van der Waals surface area contributed by atoms with Gasteiger partial charge < -0.3 is 15.6 Å². The third kappa shape index (κ3) is 3.34. The van der Waals surface area contributed by atoms with Gasteiger partial charge >= 0.3 is 0 Å². The lowest BCUT2D eigenvalue weighted by Crippen LogP contribution is -2.44. The Labute approximate surface area is 95.4 Å². The Morgan fingerprint density at radius 1 is 1.69 bits per heavy atom. The molecular weight excluding hydrogens is 206 g/mol. The van der Waals surface area contributed by atoms with E-state index in [1.54, 1.807) is 6.07 Å². The van der Waals surface area contributed by atoms with Crippen molar-refractivity contribution in [3.05, 3.63) is 17.5 Å². The molecule has 2 unspecified atom stereocenters. The van der Waals surface area contributed by atoms with E-state index in [0.717, 1.165) is 12.1 Å². The van der Waals surface area contributed by atoms with Gasteiger partial charge in [-0.3, -0.25) is 4.79 Å². The molecular formula is C11H19N3O2. The summed E-state index contributed by atoms with van der Waals surface area (Å²) in [6.07, 6.45) is 0.885. The predicted octanol–water partition coefficient (Wildman–Crippen LogP) is 0.973. The van der Waals surface area contributed by atoms with E-state index >= 15 is 0 Å². The van der Waals surface area contributed by atoms with Crippen molar-refractivity contribution in [2.75, 3.05) is 0 Å². The molecule has 90 valence electrons. The summed E-state index contributed by atoms with van der Waals surface area (Å²) < 4.78 is 4.98. The summed E-state index contributed by atoms with van der Waals surface area (Å²) in [5.41, 5.74) is 6.58. The first-order valence-corrected chi connectivity index (χ1v) is 5.50. The molecule has 0 fully saturated rings. The third-order valence-corrected chi connectivity index (χ3v) is 2.67. The van der Waals surface area contributed by atoms with Crippen LogP contribution in [0.3, 0.4) is 0 Å². The van der Waals surface area contributed by atoms with E-state index in [9.17, 15) is 4.79 Å². The van der Waals surface area contributed by atoms with Crippen molar-refractivity contribution in [1.82, 2.24) is 10.5 Å². The number of carbonyl (C=O) groups excluding carboxylic acids is 1. The topological polar surface area (TPSA) is 81.2 Å². The molecule has 5 nitrogen and oxygen atoms in total. The van der Waals surface area contributed by atoms with Gasteiger partial charge in [-0.15, -0.1) is 0 Å². The second-order valence-corrected chi connectivity index (χ2v) is 4.06. The normalized spacial score (nSPS) is 14.5. The lowest BCUT2D eigenvalue weighted by Gasteiger charge is -2.16. The molecule has 0 aliphatic heterocycles. The second kappa shape index (κ2) is 5.65. The van der Waals surface area contributed by atoms with Gasteiger partial charge in [-0.1, -0.05) is 25.4 Å². The molecule has 0 bridgehead atoms. The van der Waals surface area contributed by atoms with E-state index in [4.69, 9.17) is 10.3 Å². The monoisotopic (exact) mass is 225 g/mol. The maximum absolute atomic E-state index is 11.6. The number of carbonyl (C=O) groups is 1. The van der Waals surface area contributed by atoms with Crippen LogP contribution < -0.4 is 11.1 Å². The maximum Gasteiger partial charge on any atom is 0.237 e. The van der Waals surface area contributed by atoms with Crippen LogP contribution in [0.25, 0.3) is 0 Å². The standard InChI is InChI=1S/C11H19N3O2/c1-4-7(2)10(12)11(15)13-6-9-5-8(3)14-16-9/h5,7,10H,4,6,12H2,1-3H3,(H,13,15). The zero-order valence-corrected chi connectivity index (χ0v) is 9.99. The van der Waals surface area contributed by atoms with E-state index in [-0.39, 0.29) is 11.8 Å². The third-order valence-electron chi connectivity index (χ3n) is 2.67. The first kappa shape index (κ1) is 12.7. The van der Waals surface area contributed by atoms with Crippen molar-refractivity contribution in [1.29, 1.82) is 0 Å². The van der Waals surface area contributed by atoms with E-state index in [1.165, 1.54) is 0 Å². The number of aromatic nitrogens is 1. The molecule has 3 N–H and O–H groups in total. The minimum absolute atomic E-state index is 0.150. The fraction of sp³-hybridized carbons (Fsp3) is 0.636. The SMILES string of the molecule is CCC(C)C(N)C(=O)NCc1cc(C)no1. The summed E-state index contributed by atoms with van der Waals surface area (Å²) in [6.45, 7) is 6.14. The van der Waals surface area contributed by atoms with Crippen LogP contribution in [0.2, 0.25) is 0 Å². The molecule has 5 heteroatoms. The Kier molecular flexibility index (Phi) is 4.49. The number of rotatable bonds is 5. The Bertz CT molecular complexity index is 349. The predicted molar refractivity (Wildman–Crippen MR) is 60.5 cm³/mol. The van der Waals surface area contributed by atoms with E-state index < -0.39 is 6.04 Å². The minimum Gasteiger partial charge on any atom is -0.359 e. The molecule has 1 heterocycles. The first-order valence-electron chi connectivity index (χ1n) is 5.50. The molecule has 0 aliphatic rings. The highest BCUT2D eigenvalue weighted by atomic mass is 16.5. The minimum atomic E-state index is -0.464. The van der Waals surface area contributed by atoms with Gasteiger partial charge in [0, 0.05) is 6.07 Å². The van der Waals surface area contributed by atoms with Crippen LogP contribution in [-0.4, -0.2) is 17.1 Å². The summed E-state index contributed by atoms with van der Waals surface area (Å²) >= 11 is 0. The average molecular weight is 225 g/mol. The largest absolute Gasteiger partial charge is 0.359 e. The molecule has 0 saturated heterocycles. The van der Waals surface area contributed by atoms with Gasteiger partial charge in [-0.2, -0.15) is 0 Å². The van der Waals surface area contributed by atoms with Crippen LogP contribution in [0.15, 0.2) is 10.6 Å². The number of hydrogen-bond acceptors (Lipinski definition) is 4. The lowest BCUT2D eigenvalue weighted by atomic mass is 9.99. The molecule has 1 amide bonds. The fourth-order valence-corrected chi connectivity index (χ4v) is 1.30. The summed E-state index contributed by atoms with van der Waals surface area (Å²) in [7, 11) is 0. The summed E-state index contributed by atoms with van der Waals surface area (Å²) in [6, 6.07) is 1.32. The quantitative estimate of drug-likeness (QED) is 0.782. The molecule has 1 aromatic heterocycles. The zero-order valence-electron chi connectivity index (χ0n) is 9.99. The van der Waals surface area contributed by atoms with Crippen molar-refractivity contribution in [2.45, 2.75) is 39.8 Å². The van der Waals surface area contributed by atoms with Gasteiger partial charge in [0.25, 0.3) is 0 Å². The Hall–Kier alpha value is -1.36. The second-order valence-electron chi connectivity index (χ2n) is 4.06. The highest BCUT2D eigenvalue weighted by molar-refractivity contribution is 5.81. The van der Waals surface area contributed by atoms with Crippen LogP contribution in [-0.2, 0) is 11.3 Å². The van der Waals surface area contributed by atoms with E-state index in [1.807, 2.05) is 20.8 Å². The molecule has 0 saturated carbocycles. The van der Waals surface area contributed by atoms with Crippen molar-refractivity contribution < 1.29 is 9.32 Å². The molecule has 0 aliphatic carbocycles. The van der Waals surface area contributed by atoms with Crippen LogP contribution in [0, 0.1) is 12.8 Å². The molecule has 0 radical (unpaired) electrons. The van der Waals surface area contributed by atoms with Gasteiger partial charge in [0.2, 0.25) is 5.91 Å². The molecule has 0 spiro atoms. The summed E-state index contributed by atoms with van der Waals surface area (Å²) in [4.78, 5) is 11.6. The van der Waals surface area contributed by atoms with Crippen LogP contribution in [0.4, 0.5) is 0 Å². The number of hydrogen-bond donors (Lipinski definition) is 2. The highest BCUT2D eigenvalue weighted by Crippen LogP contribution is 2.06. The zero-order chi connectivity index (χ0) is 12.1. The number of amides is 1. The smallest absolute Gasteiger partial charge is 0.237 e. The van der Waals surface area contributed by atoms with Crippen molar-refractivity contribution in [3.63, 3.8) is 0 Å². The van der Waals surface area contributed by atoms with Gasteiger partial charge in [0.05, 0.1) is 18.3 Å². The van der Waals surface area contributed by atoms with Gasteiger partial charge in [0.15, 0.2) is 5.76 Å². The number of nitrogens with zero attached hydrogens (tertiary/aromatic N) is 1. The van der Waals surface area contributed by atoms with Crippen molar-refractivity contribution >= 4 is 5.91 Å². The number of aryl methyl sites for hydroxylation is 1. The Morgan fingerprint density at radius 3 is 2.88 bits per heavy atom. The molecule has 0 aromatic carbocycles.